The highest BCUT2D eigenvalue weighted by Gasteiger charge is 2.22. The summed E-state index contributed by atoms with van der Waals surface area (Å²) in [6.07, 6.45) is 0. The van der Waals surface area contributed by atoms with Crippen molar-refractivity contribution >= 4 is 15.7 Å². The fraction of sp³-hybridized carbons (Fsp3) is 0.455. The van der Waals surface area contributed by atoms with Crippen LogP contribution in [0.25, 0.3) is 0 Å². The third kappa shape index (κ3) is 3.97. The summed E-state index contributed by atoms with van der Waals surface area (Å²) in [6, 6.07) is 2.80. The summed E-state index contributed by atoms with van der Waals surface area (Å²) in [7, 11) is -2.59. The molecule has 1 unspecified atom stereocenters. The first kappa shape index (κ1) is 16.5. The predicted octanol–water partition coefficient (Wildman–Crippen LogP) is 0.189. The van der Waals surface area contributed by atoms with Gasteiger partial charge in [-0.15, -0.1) is 0 Å². The molecule has 0 fully saturated rings. The Kier molecular flexibility index (Phi) is 5.57. The van der Waals surface area contributed by atoms with Gasteiger partial charge in [0, 0.05) is 18.7 Å². The normalized spacial score (nSPS) is 13.2. The van der Waals surface area contributed by atoms with Gasteiger partial charge in [-0.2, -0.15) is 0 Å². The highest BCUT2D eigenvalue weighted by Crippen LogP contribution is 2.22. The van der Waals surface area contributed by atoms with E-state index in [1.165, 1.54) is 26.2 Å². The summed E-state index contributed by atoms with van der Waals surface area (Å²) in [6.45, 7) is 1.06. The molecule has 0 aromatic heterocycles. The SMILES string of the molecule is COCC(CO)NS(=O)(=O)c1ccc(C)c([N+](=O)[O-])c1. The van der Waals surface area contributed by atoms with E-state index in [9.17, 15) is 18.5 Å². The number of aliphatic hydroxyl groups is 1. The highest BCUT2D eigenvalue weighted by molar-refractivity contribution is 7.89. The lowest BCUT2D eigenvalue weighted by Crippen LogP contribution is -2.40. The monoisotopic (exact) mass is 304 g/mol. The number of nitrogens with zero attached hydrogens (tertiary/aromatic N) is 1. The Labute approximate surface area is 116 Å². The standard InChI is InChI=1S/C11H16N2O6S/c1-8-3-4-10(5-11(8)13(15)16)20(17,18)12-9(6-14)7-19-2/h3-5,9,12,14H,6-7H2,1-2H3. The van der Waals surface area contributed by atoms with Crippen molar-refractivity contribution < 1.29 is 23.2 Å². The van der Waals surface area contributed by atoms with E-state index in [1.54, 1.807) is 0 Å². The van der Waals surface area contributed by atoms with E-state index in [1.807, 2.05) is 0 Å². The molecule has 8 nitrogen and oxygen atoms in total. The van der Waals surface area contributed by atoms with Gasteiger partial charge < -0.3 is 9.84 Å². The zero-order chi connectivity index (χ0) is 15.3. The molecule has 1 aromatic rings. The van der Waals surface area contributed by atoms with Crippen LogP contribution in [0.1, 0.15) is 5.56 Å². The molecule has 0 aliphatic heterocycles. The third-order valence-corrected chi connectivity index (χ3v) is 4.12. The molecule has 0 heterocycles. The minimum Gasteiger partial charge on any atom is -0.395 e. The van der Waals surface area contributed by atoms with Crippen LogP contribution in [0, 0.1) is 17.0 Å². The minimum absolute atomic E-state index is 0.0102. The van der Waals surface area contributed by atoms with Gasteiger partial charge in [-0.1, -0.05) is 6.07 Å². The Morgan fingerprint density at radius 3 is 2.65 bits per heavy atom. The first-order valence-electron chi connectivity index (χ1n) is 5.69. The maximum atomic E-state index is 12.1. The molecular formula is C11H16N2O6S. The second-order valence-electron chi connectivity index (χ2n) is 4.16. The van der Waals surface area contributed by atoms with Crippen molar-refractivity contribution in [3.8, 4) is 0 Å². The van der Waals surface area contributed by atoms with E-state index >= 15 is 0 Å². The maximum Gasteiger partial charge on any atom is 0.273 e. The van der Waals surface area contributed by atoms with Gasteiger partial charge in [-0.3, -0.25) is 10.1 Å². The fourth-order valence-electron chi connectivity index (χ4n) is 1.57. The van der Waals surface area contributed by atoms with Gasteiger partial charge in [-0.25, -0.2) is 13.1 Å². The smallest absolute Gasteiger partial charge is 0.273 e. The van der Waals surface area contributed by atoms with Crippen LogP contribution in [0.2, 0.25) is 0 Å². The Bertz CT molecular complexity index is 587. The Morgan fingerprint density at radius 2 is 2.15 bits per heavy atom. The van der Waals surface area contributed by atoms with E-state index in [0.29, 0.717) is 5.56 Å². The van der Waals surface area contributed by atoms with E-state index in [2.05, 4.69) is 4.72 Å². The fourth-order valence-corrected chi connectivity index (χ4v) is 2.80. The van der Waals surface area contributed by atoms with Crippen LogP contribution in [0.5, 0.6) is 0 Å². The predicted molar refractivity (Wildman–Crippen MR) is 70.9 cm³/mol. The topological polar surface area (TPSA) is 119 Å². The molecule has 0 spiro atoms. The van der Waals surface area contributed by atoms with Crippen LogP contribution in [0.4, 0.5) is 5.69 Å². The molecule has 0 aliphatic carbocycles. The van der Waals surface area contributed by atoms with Crippen molar-refractivity contribution in [3.05, 3.63) is 33.9 Å². The lowest BCUT2D eigenvalue weighted by atomic mass is 10.2. The molecule has 0 amide bonds. The van der Waals surface area contributed by atoms with E-state index in [0.717, 1.165) is 6.07 Å². The Balaban J connectivity index is 3.09. The zero-order valence-corrected chi connectivity index (χ0v) is 11.9. The number of rotatable bonds is 7. The van der Waals surface area contributed by atoms with Gasteiger partial charge >= 0.3 is 0 Å². The molecule has 0 radical (unpaired) electrons. The molecule has 0 saturated heterocycles. The van der Waals surface area contributed by atoms with Crippen molar-refractivity contribution in [2.75, 3.05) is 20.3 Å². The number of methoxy groups -OCH3 is 1. The van der Waals surface area contributed by atoms with Gasteiger partial charge in [-0.05, 0) is 13.0 Å². The van der Waals surface area contributed by atoms with Crippen LogP contribution < -0.4 is 4.72 Å². The number of aryl methyl sites for hydroxylation is 1. The van der Waals surface area contributed by atoms with Gasteiger partial charge in [0.2, 0.25) is 10.0 Å². The second-order valence-corrected chi connectivity index (χ2v) is 5.88. The average molecular weight is 304 g/mol. The average Bonchev–Trinajstić information content (AvgIpc) is 2.37. The van der Waals surface area contributed by atoms with Crippen molar-refractivity contribution in [1.82, 2.24) is 4.72 Å². The number of sulfonamides is 1. The lowest BCUT2D eigenvalue weighted by Gasteiger charge is -2.15. The molecular weight excluding hydrogens is 288 g/mol. The maximum absolute atomic E-state index is 12.1. The number of aliphatic hydroxyl groups excluding tert-OH is 1. The summed E-state index contributed by atoms with van der Waals surface area (Å²) in [4.78, 5) is 9.93. The van der Waals surface area contributed by atoms with Crippen molar-refractivity contribution in [1.29, 1.82) is 0 Å². The van der Waals surface area contributed by atoms with Crippen molar-refractivity contribution in [3.63, 3.8) is 0 Å². The molecule has 112 valence electrons. The van der Waals surface area contributed by atoms with E-state index in [-0.39, 0.29) is 17.2 Å². The summed E-state index contributed by atoms with van der Waals surface area (Å²) < 4.78 is 31.1. The molecule has 0 bridgehead atoms. The molecule has 0 aliphatic rings. The minimum atomic E-state index is -3.96. The Hall–Kier alpha value is -1.55. The summed E-state index contributed by atoms with van der Waals surface area (Å²) in [5.74, 6) is 0. The number of nitrogens with one attached hydrogen (secondary N) is 1. The highest BCUT2D eigenvalue weighted by atomic mass is 32.2. The molecule has 1 rings (SSSR count). The van der Waals surface area contributed by atoms with Crippen LogP contribution in [0.3, 0.4) is 0 Å². The van der Waals surface area contributed by atoms with Crippen LogP contribution in [-0.4, -0.2) is 44.8 Å². The van der Waals surface area contributed by atoms with Gasteiger partial charge in [0.05, 0.1) is 29.1 Å². The van der Waals surface area contributed by atoms with Crippen LogP contribution in [0.15, 0.2) is 23.1 Å². The number of ether oxygens (including phenoxy) is 1. The van der Waals surface area contributed by atoms with E-state index < -0.39 is 27.6 Å². The molecule has 0 saturated carbocycles. The number of nitro groups is 1. The quantitative estimate of drug-likeness (QED) is 0.548. The van der Waals surface area contributed by atoms with Crippen molar-refractivity contribution in [2.45, 2.75) is 17.9 Å². The first-order valence-corrected chi connectivity index (χ1v) is 7.17. The first-order chi connectivity index (χ1) is 9.31. The number of hydrogen-bond donors (Lipinski definition) is 2. The number of hydrogen-bond acceptors (Lipinski definition) is 6. The van der Waals surface area contributed by atoms with Gasteiger partial charge in [0.15, 0.2) is 0 Å². The molecule has 20 heavy (non-hydrogen) atoms. The molecule has 1 aromatic carbocycles. The van der Waals surface area contributed by atoms with Gasteiger partial charge in [0.1, 0.15) is 0 Å². The van der Waals surface area contributed by atoms with Crippen molar-refractivity contribution in [2.24, 2.45) is 0 Å². The van der Waals surface area contributed by atoms with Gasteiger partial charge in [0.25, 0.3) is 5.69 Å². The van der Waals surface area contributed by atoms with Crippen LogP contribution in [-0.2, 0) is 14.8 Å². The Morgan fingerprint density at radius 1 is 1.50 bits per heavy atom. The second kappa shape index (κ2) is 6.75. The zero-order valence-electron chi connectivity index (χ0n) is 11.1. The number of benzene rings is 1. The largest absolute Gasteiger partial charge is 0.395 e. The van der Waals surface area contributed by atoms with Crippen LogP contribution >= 0.6 is 0 Å². The molecule has 2 N–H and O–H groups in total. The lowest BCUT2D eigenvalue weighted by molar-refractivity contribution is -0.385. The number of nitro benzene ring substituents is 1. The molecule has 1 atom stereocenters. The summed E-state index contributed by atoms with van der Waals surface area (Å²) in [5.41, 5.74) is 0.0877. The summed E-state index contributed by atoms with van der Waals surface area (Å²) in [5, 5.41) is 19.9. The van der Waals surface area contributed by atoms with E-state index in [4.69, 9.17) is 9.84 Å². The molecule has 9 heteroatoms. The third-order valence-electron chi connectivity index (χ3n) is 2.60. The summed E-state index contributed by atoms with van der Waals surface area (Å²) >= 11 is 0.